The normalized spacial score (nSPS) is 55.5. The highest BCUT2D eigenvalue weighted by Crippen LogP contribution is 2.70. The highest BCUT2D eigenvalue weighted by molar-refractivity contribution is 5.87. The number of carbonyl (C=O) groups is 1. The lowest BCUT2D eigenvalue weighted by Gasteiger charge is -2.60. The molecule has 5 fully saturated rings. The molecule has 5 aliphatic carbocycles. The Balaban J connectivity index is 1.45. The average Bonchev–Trinajstić information content (AvgIpc) is 3.19. The minimum atomic E-state index is 0.0662. The van der Waals surface area contributed by atoms with Crippen LogP contribution in [-0.4, -0.2) is 5.78 Å². The highest BCUT2D eigenvalue weighted by atomic mass is 16.1. The Morgan fingerprint density at radius 3 is 2.41 bits per heavy atom. The number of rotatable bonds is 0. The molecule has 0 radical (unpaired) electrons. The number of carbonyl (C=O) groups excluding carboxylic acids is 1. The molecule has 1 heteroatoms. The quantitative estimate of drug-likeness (QED) is 0.587. The zero-order chi connectivity index (χ0) is 15.2. The Morgan fingerprint density at radius 2 is 1.64 bits per heavy atom. The smallest absolute Gasteiger partial charge is 0.139 e. The van der Waals surface area contributed by atoms with Gasteiger partial charge in [-0.25, -0.2) is 0 Å². The first-order chi connectivity index (χ1) is 10.5. The van der Waals surface area contributed by atoms with E-state index in [0.29, 0.717) is 11.2 Å². The van der Waals surface area contributed by atoms with E-state index in [1.807, 2.05) is 0 Å². The van der Waals surface area contributed by atoms with Gasteiger partial charge in [-0.1, -0.05) is 13.8 Å². The fourth-order valence-electron chi connectivity index (χ4n) is 7.82. The summed E-state index contributed by atoms with van der Waals surface area (Å²) in [6.45, 7) is 4.97. The van der Waals surface area contributed by atoms with Gasteiger partial charge in [-0.05, 0) is 98.7 Å². The molecular formula is C21H32O. The predicted molar refractivity (Wildman–Crippen MR) is 88.4 cm³/mol. The summed E-state index contributed by atoms with van der Waals surface area (Å²) in [6.07, 6.45) is 15.2. The van der Waals surface area contributed by atoms with E-state index in [4.69, 9.17) is 0 Å². The van der Waals surface area contributed by atoms with E-state index in [9.17, 15) is 4.79 Å². The molecule has 0 N–H and O–H groups in total. The van der Waals surface area contributed by atoms with Crippen molar-refractivity contribution in [2.24, 2.45) is 39.9 Å². The van der Waals surface area contributed by atoms with Crippen LogP contribution in [0.2, 0.25) is 0 Å². The summed E-state index contributed by atoms with van der Waals surface area (Å²) >= 11 is 0. The Kier molecular flexibility index (Phi) is 2.68. The Bertz CT molecular complexity index is 518. The maximum absolute atomic E-state index is 12.5. The first-order valence-electron chi connectivity index (χ1n) is 10.0. The molecule has 0 aromatic carbocycles. The Hall–Kier alpha value is -0.330. The second kappa shape index (κ2) is 4.19. The van der Waals surface area contributed by atoms with E-state index in [0.717, 1.165) is 35.5 Å². The predicted octanol–water partition coefficient (Wildman–Crippen LogP) is 5.38. The molecule has 1 nitrogen and oxygen atoms in total. The zero-order valence-corrected chi connectivity index (χ0v) is 14.5. The number of hydrogen-bond donors (Lipinski definition) is 0. The third-order valence-corrected chi connectivity index (χ3v) is 9.60. The van der Waals surface area contributed by atoms with Crippen LogP contribution in [0.4, 0.5) is 0 Å². The van der Waals surface area contributed by atoms with Gasteiger partial charge in [0.1, 0.15) is 5.78 Å². The second-order valence-corrected chi connectivity index (χ2v) is 10.3. The summed E-state index contributed by atoms with van der Waals surface area (Å²) in [5, 5.41) is 0. The summed E-state index contributed by atoms with van der Waals surface area (Å²) < 4.78 is 0. The van der Waals surface area contributed by atoms with Crippen LogP contribution in [0.15, 0.2) is 0 Å². The maximum atomic E-state index is 12.5. The number of ketones is 1. The summed E-state index contributed by atoms with van der Waals surface area (Å²) in [6, 6.07) is 0. The van der Waals surface area contributed by atoms with Gasteiger partial charge in [-0.3, -0.25) is 4.79 Å². The lowest BCUT2D eigenvalue weighted by molar-refractivity contribution is -0.140. The van der Waals surface area contributed by atoms with Crippen LogP contribution >= 0.6 is 0 Å². The van der Waals surface area contributed by atoms with Gasteiger partial charge < -0.3 is 0 Å². The SMILES string of the molecule is C[C@]12CCC3(CC3)C[C@H]1CC[C@@H]1[C@@H]2CC[C@]2(C)C(=O)CC[C@@H]12. The lowest BCUT2D eigenvalue weighted by Crippen LogP contribution is -2.53. The first kappa shape index (κ1) is 14.1. The van der Waals surface area contributed by atoms with E-state index in [2.05, 4.69) is 13.8 Å². The molecule has 122 valence electrons. The van der Waals surface area contributed by atoms with Crippen LogP contribution in [0.3, 0.4) is 0 Å². The van der Waals surface area contributed by atoms with Gasteiger partial charge in [-0.15, -0.1) is 0 Å². The minimum absolute atomic E-state index is 0.0662. The molecule has 0 unspecified atom stereocenters. The van der Waals surface area contributed by atoms with Gasteiger partial charge in [0.2, 0.25) is 0 Å². The zero-order valence-electron chi connectivity index (χ0n) is 14.5. The van der Waals surface area contributed by atoms with Crippen molar-refractivity contribution in [3.05, 3.63) is 0 Å². The molecular weight excluding hydrogens is 268 g/mol. The Labute approximate surface area is 135 Å². The van der Waals surface area contributed by atoms with E-state index < -0.39 is 0 Å². The molecule has 0 heterocycles. The maximum Gasteiger partial charge on any atom is 0.139 e. The van der Waals surface area contributed by atoms with Crippen LogP contribution in [0.25, 0.3) is 0 Å². The highest BCUT2D eigenvalue weighted by Gasteiger charge is 2.62. The summed E-state index contributed by atoms with van der Waals surface area (Å²) in [4.78, 5) is 12.5. The third kappa shape index (κ3) is 1.64. The van der Waals surface area contributed by atoms with Crippen molar-refractivity contribution in [3.63, 3.8) is 0 Å². The van der Waals surface area contributed by atoms with Crippen molar-refractivity contribution in [2.75, 3.05) is 0 Å². The van der Waals surface area contributed by atoms with Gasteiger partial charge in [-0.2, -0.15) is 0 Å². The van der Waals surface area contributed by atoms with Crippen molar-refractivity contribution in [1.82, 2.24) is 0 Å². The molecule has 6 atom stereocenters. The minimum Gasteiger partial charge on any atom is -0.299 e. The Morgan fingerprint density at radius 1 is 0.864 bits per heavy atom. The van der Waals surface area contributed by atoms with Crippen LogP contribution in [0.5, 0.6) is 0 Å². The van der Waals surface area contributed by atoms with Gasteiger partial charge in [0.15, 0.2) is 0 Å². The molecule has 0 aromatic rings. The summed E-state index contributed by atoms with van der Waals surface area (Å²) in [5.41, 5.74) is 1.49. The molecule has 0 saturated heterocycles. The standard InChI is InChI=1S/C21H32O/c1-19-9-10-21(11-12-21)13-14(19)3-4-15-16-5-6-18(22)20(16,2)8-7-17(15)19/h14-17H,3-13H2,1-2H3/t14-,15+,16+,17+,19+,20+/m1/s1. The van der Waals surface area contributed by atoms with Gasteiger partial charge in [0, 0.05) is 11.8 Å². The van der Waals surface area contributed by atoms with Crippen LogP contribution in [0.1, 0.15) is 84.5 Å². The molecule has 5 saturated carbocycles. The largest absolute Gasteiger partial charge is 0.299 e. The topological polar surface area (TPSA) is 17.1 Å². The van der Waals surface area contributed by atoms with Gasteiger partial charge in [0.25, 0.3) is 0 Å². The number of hydrogen-bond acceptors (Lipinski definition) is 1. The van der Waals surface area contributed by atoms with Crippen LogP contribution in [-0.2, 0) is 4.79 Å². The molecule has 5 rings (SSSR count). The van der Waals surface area contributed by atoms with Crippen molar-refractivity contribution in [1.29, 1.82) is 0 Å². The molecule has 0 bridgehead atoms. The third-order valence-electron chi connectivity index (χ3n) is 9.60. The average molecular weight is 300 g/mol. The molecule has 0 amide bonds. The van der Waals surface area contributed by atoms with E-state index in [-0.39, 0.29) is 5.41 Å². The van der Waals surface area contributed by atoms with Crippen molar-refractivity contribution >= 4 is 5.78 Å². The fraction of sp³-hybridized carbons (Fsp3) is 0.952. The van der Waals surface area contributed by atoms with E-state index in [1.54, 1.807) is 6.42 Å². The first-order valence-corrected chi connectivity index (χ1v) is 10.0. The number of Topliss-reactive ketones (excluding diaryl/α,β-unsaturated/α-hetero) is 1. The molecule has 5 aliphatic rings. The summed E-state index contributed by atoms with van der Waals surface area (Å²) in [5.74, 6) is 4.15. The van der Waals surface area contributed by atoms with Crippen LogP contribution in [0, 0.1) is 39.9 Å². The lowest BCUT2D eigenvalue weighted by atomic mass is 9.44. The summed E-state index contributed by atoms with van der Waals surface area (Å²) in [7, 11) is 0. The fourth-order valence-corrected chi connectivity index (χ4v) is 7.82. The second-order valence-electron chi connectivity index (χ2n) is 10.3. The van der Waals surface area contributed by atoms with E-state index in [1.165, 1.54) is 57.8 Å². The van der Waals surface area contributed by atoms with Crippen molar-refractivity contribution in [3.8, 4) is 0 Å². The van der Waals surface area contributed by atoms with Crippen LogP contribution < -0.4 is 0 Å². The molecule has 0 aliphatic heterocycles. The molecule has 1 spiro atoms. The molecule has 22 heavy (non-hydrogen) atoms. The van der Waals surface area contributed by atoms with Gasteiger partial charge in [0.05, 0.1) is 0 Å². The van der Waals surface area contributed by atoms with E-state index >= 15 is 0 Å². The van der Waals surface area contributed by atoms with Crippen molar-refractivity contribution in [2.45, 2.75) is 84.5 Å². The number of fused-ring (bicyclic) bond motifs is 5. The molecule has 0 aromatic heterocycles. The monoisotopic (exact) mass is 300 g/mol. The van der Waals surface area contributed by atoms with Gasteiger partial charge >= 0.3 is 0 Å². The van der Waals surface area contributed by atoms with Crippen molar-refractivity contribution < 1.29 is 4.79 Å².